The van der Waals surface area contributed by atoms with Gasteiger partial charge in [0, 0.05) is 44.2 Å². The normalized spacial score (nSPS) is 11.6. The number of benzene rings is 9. The molecule has 3 heteroatoms. The Kier molecular flexibility index (Phi) is 7.17. The van der Waals surface area contributed by atoms with Crippen LogP contribution in [0.1, 0.15) is 0 Å². The summed E-state index contributed by atoms with van der Waals surface area (Å²) in [5.41, 5.74) is 13.1. The Morgan fingerprint density at radius 2 is 0.982 bits per heavy atom. The number of rotatable bonds is 6. The Morgan fingerprint density at radius 1 is 0.382 bits per heavy atom. The third kappa shape index (κ3) is 5.13. The summed E-state index contributed by atoms with van der Waals surface area (Å²) in [7, 11) is 0. The van der Waals surface area contributed by atoms with Crippen LogP contribution in [0.3, 0.4) is 0 Å². The van der Waals surface area contributed by atoms with E-state index in [2.05, 4.69) is 210 Å². The number of hydrogen-bond acceptors (Lipinski definition) is 2. The topological polar surface area (TPSA) is 21.3 Å². The van der Waals surface area contributed by atoms with Crippen LogP contribution in [0.25, 0.3) is 82.5 Å². The molecule has 0 aliphatic heterocycles. The molecule has 0 atom stereocenters. The van der Waals surface area contributed by atoms with Crippen LogP contribution in [-0.4, -0.2) is 4.57 Å². The summed E-state index contributed by atoms with van der Waals surface area (Å²) in [4.78, 5) is 2.42. The predicted octanol–water partition coefficient (Wildman–Crippen LogP) is 14.6. The largest absolute Gasteiger partial charge is 0.456 e. The van der Waals surface area contributed by atoms with E-state index in [0.717, 1.165) is 61.4 Å². The van der Waals surface area contributed by atoms with Gasteiger partial charge in [-0.05, 0) is 94.2 Å². The maximum atomic E-state index is 6.39. The van der Waals surface area contributed by atoms with Crippen LogP contribution in [-0.2, 0) is 0 Å². The molecule has 0 fully saturated rings. The highest BCUT2D eigenvalue weighted by Crippen LogP contribution is 2.46. The Morgan fingerprint density at radius 3 is 1.82 bits per heavy atom. The van der Waals surface area contributed by atoms with Gasteiger partial charge in [0.25, 0.3) is 0 Å². The predicted molar refractivity (Wildman–Crippen MR) is 231 cm³/mol. The summed E-state index contributed by atoms with van der Waals surface area (Å²) in [6, 6.07) is 74.1. The van der Waals surface area contributed by atoms with Crippen molar-refractivity contribution in [2.24, 2.45) is 0 Å². The average Bonchev–Trinajstić information content (AvgIpc) is 3.80. The zero-order valence-electron chi connectivity index (χ0n) is 29.9. The molecular formula is C52H34N2O. The Balaban J connectivity index is 1.15. The number of aromatic nitrogens is 1. The van der Waals surface area contributed by atoms with Gasteiger partial charge in [-0.15, -0.1) is 0 Å². The van der Waals surface area contributed by atoms with Crippen LogP contribution in [0, 0.1) is 0 Å². The lowest BCUT2D eigenvalue weighted by Crippen LogP contribution is -2.12. The highest BCUT2D eigenvalue weighted by Gasteiger charge is 2.22. The zero-order chi connectivity index (χ0) is 36.3. The highest BCUT2D eigenvalue weighted by molar-refractivity contribution is 6.14. The quantitative estimate of drug-likeness (QED) is 0.172. The van der Waals surface area contributed by atoms with Crippen molar-refractivity contribution < 1.29 is 4.42 Å². The van der Waals surface area contributed by atoms with Gasteiger partial charge in [-0.25, -0.2) is 0 Å². The van der Waals surface area contributed by atoms with E-state index in [9.17, 15) is 0 Å². The number of anilines is 3. The molecule has 3 nitrogen and oxygen atoms in total. The molecule has 55 heavy (non-hydrogen) atoms. The number of para-hydroxylation sites is 4. The molecule has 0 saturated heterocycles. The highest BCUT2D eigenvalue weighted by atomic mass is 16.3. The standard InChI is InChI=1S/C52H34N2O/c1-2-15-36-32-38(31-30-35(36)14-1)37-16-11-17-39(33-37)53(40-18-12-19-41(34-40)54-48-26-8-3-20-42(48)43-21-4-9-27-49(43)54)47-25-7-5-22-44(47)45-24-13-29-51-52(45)46-23-6-10-28-50(46)55-51/h1-34H. The van der Waals surface area contributed by atoms with Gasteiger partial charge in [-0.1, -0.05) is 140 Å². The minimum absolute atomic E-state index is 0.881. The lowest BCUT2D eigenvalue weighted by atomic mass is 9.96. The molecule has 2 heterocycles. The van der Waals surface area contributed by atoms with Crippen molar-refractivity contribution in [1.82, 2.24) is 4.57 Å². The second kappa shape index (κ2) is 12.6. The molecule has 0 aliphatic carbocycles. The minimum atomic E-state index is 0.881. The molecule has 11 aromatic rings. The van der Waals surface area contributed by atoms with Crippen LogP contribution < -0.4 is 4.90 Å². The minimum Gasteiger partial charge on any atom is -0.456 e. The van der Waals surface area contributed by atoms with Crippen molar-refractivity contribution in [3.63, 3.8) is 0 Å². The lowest BCUT2D eigenvalue weighted by molar-refractivity contribution is 0.669. The van der Waals surface area contributed by atoms with Crippen LogP contribution in [0.5, 0.6) is 0 Å². The van der Waals surface area contributed by atoms with Gasteiger partial charge in [0.1, 0.15) is 11.2 Å². The molecule has 2 aromatic heterocycles. The lowest BCUT2D eigenvalue weighted by Gasteiger charge is -2.29. The number of fused-ring (bicyclic) bond motifs is 7. The first-order valence-electron chi connectivity index (χ1n) is 18.8. The van der Waals surface area contributed by atoms with Crippen molar-refractivity contribution in [1.29, 1.82) is 0 Å². The van der Waals surface area contributed by atoms with Crippen molar-refractivity contribution in [2.45, 2.75) is 0 Å². The van der Waals surface area contributed by atoms with Gasteiger partial charge >= 0.3 is 0 Å². The second-order valence-electron chi connectivity index (χ2n) is 14.1. The molecular weight excluding hydrogens is 669 g/mol. The van der Waals surface area contributed by atoms with Crippen LogP contribution in [0.15, 0.2) is 211 Å². The van der Waals surface area contributed by atoms with E-state index < -0.39 is 0 Å². The molecule has 258 valence electrons. The average molecular weight is 703 g/mol. The first kappa shape index (κ1) is 31.2. The van der Waals surface area contributed by atoms with Gasteiger partial charge in [-0.3, -0.25) is 0 Å². The Bertz CT molecular complexity index is 3190. The summed E-state index contributed by atoms with van der Waals surface area (Å²) < 4.78 is 8.78. The van der Waals surface area contributed by atoms with E-state index >= 15 is 0 Å². The summed E-state index contributed by atoms with van der Waals surface area (Å²) in [5, 5.41) is 7.19. The fraction of sp³-hybridized carbons (Fsp3) is 0. The fourth-order valence-corrected chi connectivity index (χ4v) is 8.49. The molecule has 0 unspecified atom stereocenters. The molecule has 0 amide bonds. The molecule has 0 bridgehead atoms. The summed E-state index contributed by atoms with van der Waals surface area (Å²) in [5.74, 6) is 0. The summed E-state index contributed by atoms with van der Waals surface area (Å²) in [6.45, 7) is 0. The number of nitrogens with zero attached hydrogens (tertiary/aromatic N) is 2. The van der Waals surface area contributed by atoms with Gasteiger partial charge in [0.15, 0.2) is 0 Å². The van der Waals surface area contributed by atoms with E-state index in [1.54, 1.807) is 0 Å². The third-order valence-electron chi connectivity index (χ3n) is 11.0. The monoisotopic (exact) mass is 702 g/mol. The molecule has 0 N–H and O–H groups in total. The Hall–Kier alpha value is -7.36. The van der Waals surface area contributed by atoms with Crippen LogP contribution in [0.2, 0.25) is 0 Å². The zero-order valence-corrected chi connectivity index (χ0v) is 29.9. The fourth-order valence-electron chi connectivity index (χ4n) is 8.49. The van der Waals surface area contributed by atoms with Gasteiger partial charge < -0.3 is 13.9 Å². The van der Waals surface area contributed by atoms with E-state index in [0.29, 0.717) is 0 Å². The number of hydrogen-bond donors (Lipinski definition) is 0. The maximum absolute atomic E-state index is 6.39. The molecule has 0 spiro atoms. The molecule has 9 aromatic carbocycles. The first-order chi connectivity index (χ1) is 27.3. The van der Waals surface area contributed by atoms with Crippen molar-refractivity contribution in [3.8, 4) is 27.9 Å². The van der Waals surface area contributed by atoms with E-state index in [1.807, 2.05) is 6.07 Å². The maximum Gasteiger partial charge on any atom is 0.136 e. The molecule has 0 radical (unpaired) electrons. The van der Waals surface area contributed by atoms with Gasteiger partial charge in [0.2, 0.25) is 0 Å². The van der Waals surface area contributed by atoms with Crippen molar-refractivity contribution >= 4 is 71.6 Å². The Labute approximate surface area is 318 Å². The second-order valence-corrected chi connectivity index (χ2v) is 14.1. The van der Waals surface area contributed by atoms with Gasteiger partial charge in [0.05, 0.1) is 16.7 Å². The smallest absolute Gasteiger partial charge is 0.136 e. The number of furan rings is 1. The van der Waals surface area contributed by atoms with E-state index in [-0.39, 0.29) is 0 Å². The van der Waals surface area contributed by atoms with Crippen LogP contribution in [0.4, 0.5) is 17.1 Å². The van der Waals surface area contributed by atoms with Crippen molar-refractivity contribution in [3.05, 3.63) is 206 Å². The van der Waals surface area contributed by atoms with Crippen LogP contribution >= 0.6 is 0 Å². The summed E-state index contributed by atoms with van der Waals surface area (Å²) >= 11 is 0. The summed E-state index contributed by atoms with van der Waals surface area (Å²) in [6.07, 6.45) is 0. The van der Waals surface area contributed by atoms with Crippen molar-refractivity contribution in [2.75, 3.05) is 4.90 Å². The molecule has 11 rings (SSSR count). The van der Waals surface area contributed by atoms with E-state index in [1.165, 1.54) is 38.1 Å². The third-order valence-corrected chi connectivity index (χ3v) is 11.0. The SMILES string of the molecule is c1cc(-c2ccc3ccccc3c2)cc(N(c2cccc(-n3c4ccccc4c4ccccc43)c2)c2ccccc2-c2cccc3oc4ccccc4c23)c1. The first-order valence-corrected chi connectivity index (χ1v) is 18.8. The molecule has 0 aliphatic rings. The van der Waals surface area contributed by atoms with E-state index in [4.69, 9.17) is 4.42 Å². The molecule has 0 saturated carbocycles. The van der Waals surface area contributed by atoms with Gasteiger partial charge in [-0.2, -0.15) is 0 Å².